The Bertz CT molecular complexity index is 438. The van der Waals surface area contributed by atoms with Crippen molar-refractivity contribution >= 4 is 5.82 Å². The van der Waals surface area contributed by atoms with Crippen LogP contribution in [0.15, 0.2) is 18.3 Å². The van der Waals surface area contributed by atoms with Crippen molar-refractivity contribution in [3.8, 4) is 0 Å². The van der Waals surface area contributed by atoms with Crippen LogP contribution in [0.5, 0.6) is 0 Å². The lowest BCUT2D eigenvalue weighted by molar-refractivity contribution is 0.565. The molecule has 3 nitrogen and oxygen atoms in total. The molecule has 1 heterocycles. The highest BCUT2D eigenvalue weighted by atomic mass is 15.2. The molecule has 1 atom stereocenters. The molecule has 2 aliphatic carbocycles. The fraction of sp³-hybridized carbons (Fsp3) is 0.706. The van der Waals surface area contributed by atoms with Crippen molar-refractivity contribution < 1.29 is 0 Å². The van der Waals surface area contributed by atoms with Crippen LogP contribution in [0, 0.1) is 5.92 Å². The first-order chi connectivity index (χ1) is 9.79. The molecule has 3 heteroatoms. The molecule has 2 saturated carbocycles. The number of nitrogens with zero attached hydrogens (tertiary/aromatic N) is 2. The van der Waals surface area contributed by atoms with E-state index in [1.165, 1.54) is 50.0 Å². The van der Waals surface area contributed by atoms with Gasteiger partial charge in [0.15, 0.2) is 0 Å². The summed E-state index contributed by atoms with van der Waals surface area (Å²) < 4.78 is 0. The Kier molecular flexibility index (Phi) is 4.25. The van der Waals surface area contributed by atoms with Gasteiger partial charge in [0.1, 0.15) is 5.82 Å². The van der Waals surface area contributed by atoms with Crippen molar-refractivity contribution in [2.45, 2.75) is 58.0 Å². The van der Waals surface area contributed by atoms with Gasteiger partial charge in [-0.2, -0.15) is 0 Å². The smallest absolute Gasteiger partial charge is 0.133 e. The van der Waals surface area contributed by atoms with E-state index in [0.717, 1.165) is 18.5 Å². The first-order valence-electron chi connectivity index (χ1n) is 8.24. The highest BCUT2D eigenvalue weighted by Gasteiger charge is 2.35. The fourth-order valence-electron chi connectivity index (χ4n) is 2.83. The van der Waals surface area contributed by atoms with Crippen LogP contribution in [-0.2, 0) is 0 Å². The van der Waals surface area contributed by atoms with E-state index in [1.54, 1.807) is 0 Å². The molecular formula is C17H27N3. The molecule has 0 bridgehead atoms. The zero-order chi connectivity index (χ0) is 13.9. The molecule has 1 unspecified atom stereocenters. The third-order valence-corrected chi connectivity index (χ3v) is 4.40. The van der Waals surface area contributed by atoms with E-state index in [0.29, 0.717) is 6.04 Å². The number of hydrogen-bond donors (Lipinski definition) is 1. The summed E-state index contributed by atoms with van der Waals surface area (Å²) >= 11 is 0. The Hall–Kier alpha value is -1.09. The predicted octanol–water partition coefficient (Wildman–Crippen LogP) is 3.52. The molecule has 1 aromatic heterocycles. The van der Waals surface area contributed by atoms with Gasteiger partial charge in [-0.05, 0) is 57.6 Å². The third kappa shape index (κ3) is 3.32. The summed E-state index contributed by atoms with van der Waals surface area (Å²) in [5, 5.41) is 3.61. The molecule has 0 saturated heterocycles. The van der Waals surface area contributed by atoms with Gasteiger partial charge >= 0.3 is 0 Å². The second-order valence-electron chi connectivity index (χ2n) is 6.42. The first kappa shape index (κ1) is 13.9. The Morgan fingerprint density at radius 2 is 2.15 bits per heavy atom. The summed E-state index contributed by atoms with van der Waals surface area (Å²) in [7, 11) is 0. The van der Waals surface area contributed by atoms with E-state index in [9.17, 15) is 0 Å². The lowest BCUT2D eigenvalue weighted by Gasteiger charge is -2.28. The van der Waals surface area contributed by atoms with Crippen molar-refractivity contribution in [1.29, 1.82) is 0 Å². The summed E-state index contributed by atoms with van der Waals surface area (Å²) in [5.74, 6) is 2.15. The molecule has 20 heavy (non-hydrogen) atoms. The summed E-state index contributed by atoms with van der Waals surface area (Å²) in [4.78, 5) is 7.33. The van der Waals surface area contributed by atoms with Gasteiger partial charge in [0, 0.05) is 30.4 Å². The molecule has 2 fully saturated rings. The van der Waals surface area contributed by atoms with E-state index >= 15 is 0 Å². The molecule has 0 radical (unpaired) electrons. The monoisotopic (exact) mass is 273 g/mol. The predicted molar refractivity (Wildman–Crippen MR) is 84.0 cm³/mol. The van der Waals surface area contributed by atoms with Crippen LogP contribution in [0.25, 0.3) is 0 Å². The number of pyridine rings is 1. The van der Waals surface area contributed by atoms with E-state index in [2.05, 4.69) is 36.2 Å². The number of nitrogens with one attached hydrogen (secondary N) is 1. The number of aromatic nitrogens is 1. The molecule has 0 spiro atoms. The third-order valence-electron chi connectivity index (χ3n) is 4.40. The normalized spacial score (nSPS) is 19.9. The maximum absolute atomic E-state index is 4.74. The summed E-state index contributed by atoms with van der Waals surface area (Å²) in [6.45, 7) is 6.77. The average Bonchev–Trinajstić information content (AvgIpc) is 3.35. The average molecular weight is 273 g/mol. The second-order valence-corrected chi connectivity index (χ2v) is 6.42. The summed E-state index contributed by atoms with van der Waals surface area (Å²) in [5.41, 5.74) is 1.37. The van der Waals surface area contributed by atoms with Crippen LogP contribution >= 0.6 is 0 Å². The standard InChI is InChI=1S/C17H27N3/c1-3-10-18-13(2)16-5-4-11-19-17(16)20(15-8-9-15)12-14-6-7-14/h4-5,11,13-15,18H,3,6-10,12H2,1-2H3. The Labute approximate surface area is 122 Å². The van der Waals surface area contributed by atoms with Gasteiger partial charge in [-0.25, -0.2) is 4.98 Å². The lowest BCUT2D eigenvalue weighted by Crippen LogP contribution is -2.31. The number of anilines is 1. The van der Waals surface area contributed by atoms with Gasteiger partial charge in [-0.1, -0.05) is 13.0 Å². The minimum absolute atomic E-state index is 0.388. The number of hydrogen-bond acceptors (Lipinski definition) is 3. The van der Waals surface area contributed by atoms with Gasteiger partial charge < -0.3 is 10.2 Å². The fourth-order valence-corrected chi connectivity index (χ4v) is 2.83. The van der Waals surface area contributed by atoms with E-state index in [-0.39, 0.29) is 0 Å². The minimum atomic E-state index is 0.388. The molecular weight excluding hydrogens is 246 g/mol. The largest absolute Gasteiger partial charge is 0.353 e. The molecule has 0 aromatic carbocycles. The minimum Gasteiger partial charge on any atom is -0.353 e. The van der Waals surface area contributed by atoms with Crippen molar-refractivity contribution in [3.63, 3.8) is 0 Å². The van der Waals surface area contributed by atoms with E-state index < -0.39 is 0 Å². The van der Waals surface area contributed by atoms with E-state index in [1.807, 2.05) is 6.20 Å². The highest BCUT2D eigenvalue weighted by Crippen LogP contribution is 2.39. The van der Waals surface area contributed by atoms with Crippen LogP contribution < -0.4 is 10.2 Å². The van der Waals surface area contributed by atoms with Crippen LogP contribution in [0.2, 0.25) is 0 Å². The van der Waals surface area contributed by atoms with Gasteiger partial charge in [-0.3, -0.25) is 0 Å². The molecule has 3 rings (SSSR count). The van der Waals surface area contributed by atoms with Gasteiger partial charge in [0.05, 0.1) is 0 Å². The maximum atomic E-state index is 4.74. The first-order valence-corrected chi connectivity index (χ1v) is 8.24. The van der Waals surface area contributed by atoms with Crippen LogP contribution in [0.3, 0.4) is 0 Å². The quantitative estimate of drug-likeness (QED) is 0.785. The van der Waals surface area contributed by atoms with Crippen molar-refractivity contribution in [2.24, 2.45) is 5.92 Å². The van der Waals surface area contributed by atoms with Gasteiger partial charge in [0.2, 0.25) is 0 Å². The van der Waals surface area contributed by atoms with Crippen LogP contribution in [0.4, 0.5) is 5.82 Å². The van der Waals surface area contributed by atoms with Crippen LogP contribution in [-0.4, -0.2) is 24.1 Å². The Morgan fingerprint density at radius 3 is 2.80 bits per heavy atom. The SMILES string of the molecule is CCCNC(C)c1cccnc1N(CC1CC1)C1CC1. The summed E-state index contributed by atoms with van der Waals surface area (Å²) in [6.07, 6.45) is 8.64. The molecule has 2 aliphatic rings. The second kappa shape index (κ2) is 6.13. The maximum Gasteiger partial charge on any atom is 0.133 e. The van der Waals surface area contributed by atoms with Gasteiger partial charge in [0.25, 0.3) is 0 Å². The number of rotatable bonds is 8. The summed E-state index contributed by atoms with van der Waals surface area (Å²) in [6, 6.07) is 5.46. The molecule has 1 aromatic rings. The molecule has 0 aliphatic heterocycles. The lowest BCUT2D eigenvalue weighted by atomic mass is 10.1. The van der Waals surface area contributed by atoms with Crippen LogP contribution in [0.1, 0.15) is 57.6 Å². The molecule has 0 amide bonds. The molecule has 110 valence electrons. The molecule has 1 N–H and O–H groups in total. The van der Waals surface area contributed by atoms with E-state index in [4.69, 9.17) is 4.98 Å². The van der Waals surface area contributed by atoms with Crippen molar-refractivity contribution in [3.05, 3.63) is 23.9 Å². The highest BCUT2D eigenvalue weighted by molar-refractivity contribution is 5.50. The van der Waals surface area contributed by atoms with Crippen molar-refractivity contribution in [1.82, 2.24) is 10.3 Å². The van der Waals surface area contributed by atoms with Gasteiger partial charge in [-0.15, -0.1) is 0 Å². The zero-order valence-corrected chi connectivity index (χ0v) is 12.8. The Balaban J connectivity index is 1.79. The van der Waals surface area contributed by atoms with Crippen molar-refractivity contribution in [2.75, 3.05) is 18.0 Å². The zero-order valence-electron chi connectivity index (χ0n) is 12.8. The Morgan fingerprint density at radius 1 is 1.35 bits per heavy atom. The topological polar surface area (TPSA) is 28.2 Å².